The fourth-order valence-corrected chi connectivity index (χ4v) is 6.29. The SMILES string of the molecule is O=C1C(=O)N(c2nnc(SCc3ccccc3)s2)[C@@H](c2cccc(O)c2)/C1=C(\O)c1ccc2c(c1)OCCO2. The minimum absolute atomic E-state index is 0.0474. The molecule has 0 saturated carbocycles. The summed E-state index contributed by atoms with van der Waals surface area (Å²) in [6.45, 7) is 0.765. The van der Waals surface area contributed by atoms with Gasteiger partial charge in [-0.3, -0.25) is 14.5 Å². The van der Waals surface area contributed by atoms with Gasteiger partial charge in [-0.25, -0.2) is 0 Å². The summed E-state index contributed by atoms with van der Waals surface area (Å²) < 4.78 is 11.8. The van der Waals surface area contributed by atoms with Gasteiger partial charge in [-0.15, -0.1) is 10.2 Å². The summed E-state index contributed by atoms with van der Waals surface area (Å²) in [6, 6.07) is 19.9. The van der Waals surface area contributed by atoms with Crippen LogP contribution in [0.25, 0.3) is 5.76 Å². The Labute approximate surface area is 231 Å². The van der Waals surface area contributed by atoms with Crippen LogP contribution in [0.4, 0.5) is 5.13 Å². The number of aromatic nitrogens is 2. The summed E-state index contributed by atoms with van der Waals surface area (Å²) in [4.78, 5) is 28.0. The van der Waals surface area contributed by atoms with Gasteiger partial charge in [0.05, 0.1) is 11.6 Å². The third-order valence-electron chi connectivity index (χ3n) is 6.25. The number of thioether (sulfide) groups is 1. The van der Waals surface area contributed by atoms with Crippen molar-refractivity contribution in [2.45, 2.75) is 16.1 Å². The number of benzene rings is 3. The molecule has 0 radical (unpaired) electrons. The second kappa shape index (κ2) is 10.4. The molecule has 1 saturated heterocycles. The highest BCUT2D eigenvalue weighted by molar-refractivity contribution is 8.00. The minimum atomic E-state index is -1.04. The number of hydrogen-bond acceptors (Lipinski definition) is 10. The second-order valence-electron chi connectivity index (χ2n) is 8.75. The Morgan fingerprint density at radius 1 is 0.974 bits per heavy atom. The van der Waals surface area contributed by atoms with Crippen molar-refractivity contribution < 1.29 is 29.3 Å². The quantitative estimate of drug-likeness (QED) is 0.111. The lowest BCUT2D eigenvalue weighted by Gasteiger charge is -2.23. The Morgan fingerprint density at radius 3 is 2.56 bits per heavy atom. The van der Waals surface area contributed by atoms with Gasteiger partial charge in [0.15, 0.2) is 15.8 Å². The largest absolute Gasteiger partial charge is 0.508 e. The van der Waals surface area contributed by atoms with Gasteiger partial charge < -0.3 is 19.7 Å². The number of anilines is 1. The first-order chi connectivity index (χ1) is 19.0. The van der Waals surface area contributed by atoms with E-state index < -0.39 is 17.7 Å². The molecular formula is C28H21N3O6S2. The van der Waals surface area contributed by atoms with Gasteiger partial charge in [-0.1, -0.05) is 65.6 Å². The van der Waals surface area contributed by atoms with E-state index in [0.717, 1.165) is 5.56 Å². The number of aromatic hydroxyl groups is 1. The topological polar surface area (TPSA) is 122 Å². The van der Waals surface area contributed by atoms with Gasteiger partial charge in [0.2, 0.25) is 5.13 Å². The van der Waals surface area contributed by atoms with Gasteiger partial charge >= 0.3 is 5.91 Å². The molecule has 11 heteroatoms. The lowest BCUT2D eigenvalue weighted by molar-refractivity contribution is -0.132. The Kier molecular flexibility index (Phi) is 6.67. The number of nitrogens with zero attached hydrogens (tertiary/aromatic N) is 3. The number of rotatable bonds is 6. The molecule has 9 nitrogen and oxygen atoms in total. The molecule has 4 aromatic rings. The monoisotopic (exact) mass is 559 g/mol. The number of carbonyl (C=O) groups excluding carboxylic acids is 2. The van der Waals surface area contributed by atoms with E-state index in [1.807, 2.05) is 30.3 Å². The van der Waals surface area contributed by atoms with Crippen molar-refractivity contribution in [3.05, 3.63) is 95.1 Å². The second-order valence-corrected chi connectivity index (χ2v) is 10.9. The van der Waals surface area contributed by atoms with E-state index >= 15 is 0 Å². The first kappa shape index (κ1) is 25.0. The maximum absolute atomic E-state index is 13.4. The summed E-state index contributed by atoms with van der Waals surface area (Å²) in [5, 5.41) is 30.2. The summed E-state index contributed by atoms with van der Waals surface area (Å²) in [6.07, 6.45) is 0. The van der Waals surface area contributed by atoms with Crippen molar-refractivity contribution in [1.29, 1.82) is 0 Å². The van der Waals surface area contributed by atoms with Crippen molar-refractivity contribution >= 4 is 45.7 Å². The van der Waals surface area contributed by atoms with Gasteiger partial charge in [0.25, 0.3) is 5.78 Å². The molecule has 0 aliphatic carbocycles. The zero-order valence-corrected chi connectivity index (χ0v) is 21.9. The highest BCUT2D eigenvalue weighted by Gasteiger charge is 2.48. The number of aliphatic hydroxyl groups excluding tert-OH is 1. The van der Waals surface area contributed by atoms with Gasteiger partial charge in [0, 0.05) is 11.3 Å². The van der Waals surface area contributed by atoms with Crippen LogP contribution in [0, 0.1) is 0 Å². The van der Waals surface area contributed by atoms with Crippen LogP contribution >= 0.6 is 23.1 Å². The Morgan fingerprint density at radius 2 is 1.77 bits per heavy atom. The first-order valence-corrected chi connectivity index (χ1v) is 13.8. The van der Waals surface area contributed by atoms with Crippen molar-refractivity contribution in [3.63, 3.8) is 0 Å². The van der Waals surface area contributed by atoms with Crippen LogP contribution in [0.2, 0.25) is 0 Å². The molecule has 196 valence electrons. The Bertz CT molecular complexity index is 1600. The van der Waals surface area contributed by atoms with Crippen LogP contribution in [0.1, 0.15) is 22.7 Å². The molecule has 39 heavy (non-hydrogen) atoms. The number of aliphatic hydroxyl groups is 1. The third-order valence-corrected chi connectivity index (χ3v) is 8.38. The van der Waals surface area contributed by atoms with Crippen molar-refractivity contribution in [2.75, 3.05) is 18.1 Å². The number of phenolic OH excluding ortho intramolecular Hbond substituents is 1. The van der Waals surface area contributed by atoms with E-state index in [-0.39, 0.29) is 22.2 Å². The Balaban J connectivity index is 1.40. The molecule has 6 rings (SSSR count). The van der Waals surface area contributed by atoms with Crippen LogP contribution in [0.5, 0.6) is 17.2 Å². The number of fused-ring (bicyclic) bond motifs is 1. The number of carbonyl (C=O) groups is 2. The summed E-state index contributed by atoms with van der Waals surface area (Å²) in [7, 11) is 0. The molecule has 0 unspecified atom stereocenters. The Hall–Kier alpha value is -4.35. The molecule has 3 aromatic carbocycles. The minimum Gasteiger partial charge on any atom is -0.508 e. The van der Waals surface area contributed by atoms with Gasteiger partial charge in [0.1, 0.15) is 24.7 Å². The number of ether oxygens (including phenoxy) is 2. The molecular weight excluding hydrogens is 538 g/mol. The van der Waals surface area contributed by atoms with Crippen molar-refractivity contribution in [1.82, 2.24) is 10.2 Å². The number of phenols is 1. The average molecular weight is 560 g/mol. The van der Waals surface area contributed by atoms with Crippen molar-refractivity contribution in [2.24, 2.45) is 0 Å². The number of Topliss-reactive ketones (excluding diaryl/α,β-unsaturated/α-hetero) is 1. The number of ketones is 1. The molecule has 1 aromatic heterocycles. The number of hydrogen-bond donors (Lipinski definition) is 2. The van der Waals surface area contributed by atoms with Gasteiger partial charge in [-0.05, 0) is 41.5 Å². The first-order valence-electron chi connectivity index (χ1n) is 12.0. The standard InChI is InChI=1S/C28H21N3O6S2/c32-19-8-4-7-17(13-19)23-22(24(33)18-9-10-20-21(14-18)37-12-11-36-20)25(34)26(35)31(23)27-29-30-28(39-27)38-15-16-5-2-1-3-6-16/h1-10,13-14,23,32-33H,11-12,15H2/b24-22+/t23-/m0/s1. The maximum Gasteiger partial charge on any atom is 0.301 e. The van der Waals surface area contributed by atoms with Crippen LogP contribution in [-0.2, 0) is 15.3 Å². The van der Waals surface area contributed by atoms with Crippen LogP contribution < -0.4 is 14.4 Å². The zero-order valence-electron chi connectivity index (χ0n) is 20.3. The van der Waals surface area contributed by atoms with E-state index in [4.69, 9.17) is 9.47 Å². The van der Waals surface area contributed by atoms with E-state index in [9.17, 15) is 19.8 Å². The van der Waals surface area contributed by atoms with E-state index in [0.29, 0.717) is 45.9 Å². The third kappa shape index (κ3) is 4.82. The molecule has 2 aliphatic heterocycles. The fourth-order valence-electron chi connectivity index (χ4n) is 4.46. The van der Waals surface area contributed by atoms with Crippen LogP contribution in [0.15, 0.2) is 82.7 Å². The molecule has 0 spiro atoms. The van der Waals surface area contributed by atoms with E-state index in [1.54, 1.807) is 30.3 Å². The lowest BCUT2D eigenvalue weighted by Crippen LogP contribution is -2.29. The normalized spacial score (nSPS) is 17.9. The molecule has 1 atom stereocenters. The molecule has 1 amide bonds. The molecule has 3 heterocycles. The predicted octanol–water partition coefficient (Wildman–Crippen LogP) is 4.93. The van der Waals surface area contributed by atoms with Crippen LogP contribution in [-0.4, -0.2) is 45.3 Å². The highest BCUT2D eigenvalue weighted by atomic mass is 32.2. The smallest absolute Gasteiger partial charge is 0.301 e. The summed E-state index contributed by atoms with van der Waals surface area (Å²) in [5.41, 5.74) is 1.70. The van der Waals surface area contributed by atoms with Crippen LogP contribution in [0.3, 0.4) is 0 Å². The summed E-state index contributed by atoms with van der Waals surface area (Å²) in [5.74, 6) is -0.524. The van der Waals surface area contributed by atoms with E-state index in [2.05, 4.69) is 10.2 Å². The molecule has 2 aliphatic rings. The number of amides is 1. The lowest BCUT2D eigenvalue weighted by atomic mass is 9.95. The summed E-state index contributed by atoms with van der Waals surface area (Å²) >= 11 is 2.64. The fraction of sp³-hybridized carbons (Fsp3) is 0.143. The average Bonchev–Trinajstić information content (AvgIpc) is 3.53. The maximum atomic E-state index is 13.4. The van der Waals surface area contributed by atoms with Crippen molar-refractivity contribution in [3.8, 4) is 17.2 Å². The molecule has 0 bridgehead atoms. The molecule has 2 N–H and O–H groups in total. The predicted molar refractivity (Wildman–Crippen MR) is 146 cm³/mol. The van der Waals surface area contributed by atoms with Gasteiger partial charge in [-0.2, -0.15) is 0 Å². The molecule has 1 fully saturated rings. The zero-order chi connectivity index (χ0) is 26.9. The highest BCUT2D eigenvalue weighted by Crippen LogP contribution is 2.45. The van der Waals surface area contributed by atoms with E-state index in [1.165, 1.54) is 40.1 Å².